The van der Waals surface area contributed by atoms with E-state index < -0.39 is 13.9 Å². The Morgan fingerprint density at radius 2 is 1.44 bits per heavy atom. The molecule has 1 amide bonds. The molecule has 7 nitrogen and oxygen atoms in total. The fourth-order valence-electron chi connectivity index (χ4n) is 5.76. The topological polar surface area (TPSA) is 78.3 Å². The van der Waals surface area contributed by atoms with Gasteiger partial charge in [-0.15, -0.1) is 10.2 Å². The molecule has 1 aliphatic rings. The largest absolute Gasteiger partial charge is 0.444 e. The molecule has 2 aromatic carbocycles. The number of aromatic nitrogens is 3. The monoisotopic (exact) mass is 548 g/mol. The molecular weight excluding hydrogens is 504 g/mol. The smallest absolute Gasteiger partial charge is 0.407 e. The van der Waals surface area contributed by atoms with Crippen molar-refractivity contribution in [2.75, 3.05) is 0 Å². The van der Waals surface area contributed by atoms with Gasteiger partial charge in [-0.2, -0.15) is 0 Å². The van der Waals surface area contributed by atoms with E-state index in [1.807, 2.05) is 27.8 Å². The summed E-state index contributed by atoms with van der Waals surface area (Å²) in [6.45, 7) is 12.9. The molecule has 1 aromatic heterocycles. The van der Waals surface area contributed by atoms with Crippen LogP contribution in [0.4, 0.5) is 4.79 Å². The van der Waals surface area contributed by atoms with Gasteiger partial charge in [-0.25, -0.2) is 4.79 Å². The summed E-state index contributed by atoms with van der Waals surface area (Å²) in [4.78, 5) is 12.2. The van der Waals surface area contributed by atoms with Crippen molar-refractivity contribution in [3.8, 4) is 0 Å². The molecule has 39 heavy (non-hydrogen) atoms. The van der Waals surface area contributed by atoms with Crippen LogP contribution in [0.2, 0.25) is 5.04 Å². The lowest BCUT2D eigenvalue weighted by Gasteiger charge is -2.42. The molecular formula is C31H44N4O3Si. The van der Waals surface area contributed by atoms with Gasteiger partial charge in [0.1, 0.15) is 11.4 Å². The lowest BCUT2D eigenvalue weighted by atomic mass is 9.85. The van der Waals surface area contributed by atoms with Crippen molar-refractivity contribution in [3.05, 3.63) is 72.3 Å². The van der Waals surface area contributed by atoms with Crippen molar-refractivity contribution in [2.24, 2.45) is 7.05 Å². The standard InChI is InChI=1S/C31H44N4O3Si/c1-30(2,3)38-29(36)32-24-20-18-23(19-21-24)28-34-33-27(35(28)7)22-37-39(31(4,5)6,25-14-10-8-11-15-25)26-16-12-9-13-17-26/h8-17,23-24H,18-22H2,1-7H3,(H,32,36). The zero-order valence-corrected chi connectivity index (χ0v) is 25.5. The zero-order chi connectivity index (χ0) is 28.3. The molecule has 3 aromatic rings. The Hall–Kier alpha value is -2.97. The summed E-state index contributed by atoms with van der Waals surface area (Å²) in [5, 5.41) is 14.6. The predicted octanol–water partition coefficient (Wildman–Crippen LogP) is 5.44. The van der Waals surface area contributed by atoms with Crippen LogP contribution in [0.1, 0.15) is 84.8 Å². The van der Waals surface area contributed by atoms with Crippen molar-refractivity contribution in [1.29, 1.82) is 0 Å². The van der Waals surface area contributed by atoms with Crippen LogP contribution < -0.4 is 15.7 Å². The van der Waals surface area contributed by atoms with E-state index in [0.717, 1.165) is 37.3 Å². The average molecular weight is 549 g/mol. The van der Waals surface area contributed by atoms with Crippen LogP contribution >= 0.6 is 0 Å². The maximum absolute atomic E-state index is 12.2. The first-order chi connectivity index (χ1) is 18.4. The summed E-state index contributed by atoms with van der Waals surface area (Å²) in [6, 6.07) is 21.5. The van der Waals surface area contributed by atoms with Crippen LogP contribution in [0.5, 0.6) is 0 Å². The first kappa shape index (κ1) is 29.0. The number of rotatable bonds is 7. The second kappa shape index (κ2) is 11.6. The van der Waals surface area contributed by atoms with Crippen LogP contribution in [-0.4, -0.2) is 40.8 Å². The Labute approximate surface area is 234 Å². The molecule has 0 saturated heterocycles. The number of benzene rings is 2. The predicted molar refractivity (Wildman–Crippen MR) is 158 cm³/mol. The Balaban J connectivity index is 1.49. The molecule has 8 heteroatoms. The minimum Gasteiger partial charge on any atom is -0.444 e. The fraction of sp³-hybridized carbons (Fsp3) is 0.516. The highest BCUT2D eigenvalue weighted by Crippen LogP contribution is 2.37. The van der Waals surface area contributed by atoms with Gasteiger partial charge in [0.2, 0.25) is 0 Å². The average Bonchev–Trinajstić information content (AvgIpc) is 3.24. The minimum atomic E-state index is -2.66. The molecule has 0 radical (unpaired) electrons. The highest BCUT2D eigenvalue weighted by molar-refractivity contribution is 6.99. The highest BCUT2D eigenvalue weighted by Gasteiger charge is 2.50. The van der Waals surface area contributed by atoms with E-state index in [-0.39, 0.29) is 17.2 Å². The molecule has 0 bridgehead atoms. The van der Waals surface area contributed by atoms with Crippen LogP contribution in [0.15, 0.2) is 60.7 Å². The van der Waals surface area contributed by atoms with Gasteiger partial charge in [-0.1, -0.05) is 81.4 Å². The number of ether oxygens (including phenoxy) is 1. The zero-order valence-electron chi connectivity index (χ0n) is 24.5. The van der Waals surface area contributed by atoms with Gasteiger partial charge >= 0.3 is 6.09 Å². The third-order valence-electron chi connectivity index (χ3n) is 7.65. The first-order valence-corrected chi connectivity index (χ1v) is 15.9. The van der Waals surface area contributed by atoms with Crippen molar-refractivity contribution in [3.63, 3.8) is 0 Å². The van der Waals surface area contributed by atoms with E-state index in [1.54, 1.807) is 0 Å². The van der Waals surface area contributed by atoms with Gasteiger partial charge in [0.15, 0.2) is 5.82 Å². The summed E-state index contributed by atoms with van der Waals surface area (Å²) >= 11 is 0. The molecule has 1 fully saturated rings. The number of hydrogen-bond acceptors (Lipinski definition) is 5. The molecule has 1 N–H and O–H groups in total. The number of hydrogen-bond donors (Lipinski definition) is 1. The second-order valence-electron chi connectivity index (χ2n) is 12.7. The molecule has 1 saturated carbocycles. The fourth-order valence-corrected chi connectivity index (χ4v) is 10.3. The molecule has 0 unspecified atom stereocenters. The Bertz CT molecular complexity index is 1180. The van der Waals surface area contributed by atoms with E-state index in [2.05, 4.69) is 102 Å². The second-order valence-corrected chi connectivity index (χ2v) is 17.0. The number of carbonyl (C=O) groups is 1. The summed E-state index contributed by atoms with van der Waals surface area (Å²) in [6.07, 6.45) is 3.34. The van der Waals surface area contributed by atoms with Crippen LogP contribution in [0.3, 0.4) is 0 Å². The van der Waals surface area contributed by atoms with Crippen molar-refractivity contribution in [2.45, 2.75) is 96.4 Å². The molecule has 0 atom stereocenters. The lowest BCUT2D eigenvalue weighted by Crippen LogP contribution is -2.66. The Morgan fingerprint density at radius 3 is 1.92 bits per heavy atom. The van der Waals surface area contributed by atoms with E-state index >= 15 is 0 Å². The van der Waals surface area contributed by atoms with Gasteiger partial charge in [-0.05, 0) is 61.9 Å². The van der Waals surface area contributed by atoms with Gasteiger partial charge < -0.3 is 19.0 Å². The molecule has 1 aliphatic carbocycles. The normalized spacial score (nSPS) is 18.5. The summed E-state index contributed by atoms with van der Waals surface area (Å²) in [5.41, 5.74) is -0.493. The first-order valence-electron chi connectivity index (χ1n) is 14.0. The van der Waals surface area contributed by atoms with Crippen LogP contribution in [-0.2, 0) is 22.8 Å². The van der Waals surface area contributed by atoms with E-state index in [1.165, 1.54) is 10.4 Å². The van der Waals surface area contributed by atoms with E-state index in [4.69, 9.17) is 9.16 Å². The number of alkyl carbamates (subject to hydrolysis) is 1. The quantitative estimate of drug-likeness (QED) is 0.398. The van der Waals surface area contributed by atoms with E-state index in [9.17, 15) is 4.79 Å². The van der Waals surface area contributed by atoms with Crippen molar-refractivity contribution < 1.29 is 14.0 Å². The lowest BCUT2D eigenvalue weighted by molar-refractivity contribution is 0.0491. The molecule has 1 heterocycles. The molecule has 0 aliphatic heterocycles. The Kier molecular flexibility index (Phi) is 8.66. The maximum Gasteiger partial charge on any atom is 0.407 e. The number of amides is 1. The summed E-state index contributed by atoms with van der Waals surface area (Å²) < 4.78 is 14.6. The summed E-state index contributed by atoms with van der Waals surface area (Å²) in [5.74, 6) is 2.14. The van der Waals surface area contributed by atoms with Gasteiger partial charge in [-0.3, -0.25) is 0 Å². The van der Waals surface area contributed by atoms with Crippen LogP contribution in [0.25, 0.3) is 0 Å². The third kappa shape index (κ3) is 6.61. The number of nitrogens with zero attached hydrogens (tertiary/aromatic N) is 3. The van der Waals surface area contributed by atoms with Gasteiger partial charge in [0, 0.05) is 19.0 Å². The highest BCUT2D eigenvalue weighted by atomic mass is 28.4. The van der Waals surface area contributed by atoms with Crippen LogP contribution in [0, 0.1) is 0 Å². The third-order valence-corrected chi connectivity index (χ3v) is 12.6. The number of carbonyl (C=O) groups excluding carboxylic acids is 1. The van der Waals surface area contributed by atoms with Crippen molar-refractivity contribution >= 4 is 24.8 Å². The molecule has 210 valence electrons. The van der Waals surface area contributed by atoms with Gasteiger partial charge in [0.05, 0.1) is 6.61 Å². The van der Waals surface area contributed by atoms with Gasteiger partial charge in [0.25, 0.3) is 8.32 Å². The van der Waals surface area contributed by atoms with E-state index in [0.29, 0.717) is 12.5 Å². The SMILES string of the molecule is Cn1c(CO[Si](c2ccccc2)(c2ccccc2)C(C)(C)C)nnc1C1CCC(NC(=O)OC(C)(C)C)CC1. The Morgan fingerprint density at radius 1 is 0.897 bits per heavy atom. The van der Waals surface area contributed by atoms with Crippen molar-refractivity contribution in [1.82, 2.24) is 20.1 Å². The minimum absolute atomic E-state index is 0.101. The summed E-state index contributed by atoms with van der Waals surface area (Å²) in [7, 11) is -0.615. The molecule has 0 spiro atoms. The maximum atomic E-state index is 12.2. The number of nitrogens with one attached hydrogen (secondary N) is 1. The molecule has 4 rings (SSSR count).